The van der Waals surface area contributed by atoms with Crippen LogP contribution in [-0.4, -0.2) is 0 Å². The maximum atomic E-state index is 2.34. The summed E-state index contributed by atoms with van der Waals surface area (Å²) in [5, 5.41) is 0. The van der Waals surface area contributed by atoms with Crippen LogP contribution in [-0.2, 0) is 6.54 Å². The molecule has 0 aromatic heterocycles. The van der Waals surface area contributed by atoms with Crippen molar-refractivity contribution in [1.29, 1.82) is 0 Å². The maximum absolute atomic E-state index is 2.34. The molecule has 0 saturated heterocycles. The molecule has 0 bridgehead atoms. The van der Waals surface area contributed by atoms with Crippen LogP contribution in [0.2, 0.25) is 0 Å². The lowest BCUT2D eigenvalue weighted by atomic mass is 10.2. The zero-order chi connectivity index (χ0) is 10.5. The molecule has 0 aliphatic rings. The molecule has 0 heterocycles. The number of rotatable bonds is 3. The van der Waals surface area contributed by atoms with Crippen molar-refractivity contribution in [3.05, 3.63) is 66.2 Å². The quantitative estimate of drug-likeness (QED) is 0.611. The van der Waals surface area contributed by atoms with E-state index in [-0.39, 0.29) is 0 Å². The standard InChI is InChI=1S/C13H12IN/c14-15(13-9-5-2-6-10-13)11-12-7-3-1-4-8-12/h1-10H,11H2. The van der Waals surface area contributed by atoms with Gasteiger partial charge in [0.05, 0.1) is 29.4 Å². The number of halogens is 1. The molecule has 0 aliphatic heterocycles. The Morgan fingerprint density at radius 1 is 0.800 bits per heavy atom. The molecule has 0 aliphatic carbocycles. The predicted octanol–water partition coefficient (Wildman–Crippen LogP) is 4.04. The van der Waals surface area contributed by atoms with Crippen LogP contribution in [0.15, 0.2) is 60.7 Å². The highest BCUT2D eigenvalue weighted by atomic mass is 127. The Morgan fingerprint density at radius 3 is 1.93 bits per heavy atom. The van der Waals surface area contributed by atoms with Crippen molar-refractivity contribution < 1.29 is 0 Å². The highest BCUT2D eigenvalue weighted by Gasteiger charge is 2.01. The molecule has 2 heteroatoms. The van der Waals surface area contributed by atoms with Gasteiger partial charge in [-0.05, 0) is 17.7 Å². The molecule has 0 atom stereocenters. The third-order valence-corrected chi connectivity index (χ3v) is 3.10. The number of hydrogen-bond acceptors (Lipinski definition) is 1. The second-order valence-electron chi connectivity index (χ2n) is 3.34. The van der Waals surface area contributed by atoms with E-state index in [9.17, 15) is 0 Å². The van der Waals surface area contributed by atoms with Crippen molar-refractivity contribution in [2.24, 2.45) is 0 Å². The fraction of sp³-hybridized carbons (Fsp3) is 0.0769. The van der Waals surface area contributed by atoms with Crippen LogP contribution < -0.4 is 3.11 Å². The van der Waals surface area contributed by atoms with E-state index >= 15 is 0 Å². The lowest BCUT2D eigenvalue weighted by Gasteiger charge is -2.16. The summed E-state index contributed by atoms with van der Waals surface area (Å²) in [6, 6.07) is 20.9. The SMILES string of the molecule is IN(Cc1ccccc1)c1ccccc1. The molecule has 0 saturated carbocycles. The minimum Gasteiger partial charge on any atom is -0.310 e. The Hall–Kier alpha value is -1.03. The van der Waals surface area contributed by atoms with Gasteiger partial charge in [-0.15, -0.1) is 0 Å². The molecular weight excluding hydrogens is 297 g/mol. The molecular formula is C13H12IN. The minimum absolute atomic E-state index is 0.936. The number of hydrogen-bond donors (Lipinski definition) is 0. The molecule has 1 nitrogen and oxygen atoms in total. The third-order valence-electron chi connectivity index (χ3n) is 2.20. The van der Waals surface area contributed by atoms with Gasteiger partial charge >= 0.3 is 0 Å². The van der Waals surface area contributed by atoms with Crippen molar-refractivity contribution in [3.63, 3.8) is 0 Å². The van der Waals surface area contributed by atoms with Gasteiger partial charge in [0.15, 0.2) is 0 Å². The van der Waals surface area contributed by atoms with Gasteiger partial charge < -0.3 is 3.11 Å². The Morgan fingerprint density at radius 2 is 1.33 bits per heavy atom. The summed E-state index contributed by atoms with van der Waals surface area (Å²) in [6.45, 7) is 0.936. The fourth-order valence-corrected chi connectivity index (χ4v) is 2.14. The van der Waals surface area contributed by atoms with Crippen LogP contribution in [0.3, 0.4) is 0 Å². The van der Waals surface area contributed by atoms with Crippen LogP contribution in [0.5, 0.6) is 0 Å². The number of para-hydroxylation sites is 1. The topological polar surface area (TPSA) is 3.24 Å². The smallest absolute Gasteiger partial charge is 0.0594 e. The molecule has 0 fully saturated rings. The van der Waals surface area contributed by atoms with Crippen molar-refractivity contribution >= 4 is 28.6 Å². The Balaban J connectivity index is 2.08. The molecule has 0 amide bonds. The normalized spacial score (nSPS) is 9.93. The van der Waals surface area contributed by atoms with Gasteiger partial charge in [0.1, 0.15) is 0 Å². The van der Waals surface area contributed by atoms with Crippen LogP contribution in [0, 0.1) is 0 Å². The highest BCUT2D eigenvalue weighted by Crippen LogP contribution is 2.20. The molecule has 2 aromatic carbocycles. The zero-order valence-electron chi connectivity index (χ0n) is 8.31. The second-order valence-corrected chi connectivity index (χ2v) is 4.51. The molecule has 0 N–H and O–H groups in total. The minimum atomic E-state index is 0.936. The molecule has 2 rings (SSSR count). The first-order valence-electron chi connectivity index (χ1n) is 4.88. The van der Waals surface area contributed by atoms with E-state index in [1.54, 1.807) is 0 Å². The Kier molecular flexibility index (Phi) is 3.61. The summed E-state index contributed by atoms with van der Waals surface area (Å²) in [4.78, 5) is 0. The summed E-state index contributed by atoms with van der Waals surface area (Å²) in [5.41, 5.74) is 2.57. The number of benzene rings is 2. The molecule has 76 valence electrons. The van der Waals surface area contributed by atoms with Crippen molar-refractivity contribution in [1.82, 2.24) is 0 Å². The summed E-state index contributed by atoms with van der Waals surface area (Å²) in [5.74, 6) is 0. The average molecular weight is 309 g/mol. The van der Waals surface area contributed by atoms with Gasteiger partial charge in [0.25, 0.3) is 0 Å². The van der Waals surface area contributed by atoms with Crippen LogP contribution in [0.1, 0.15) is 5.56 Å². The van der Waals surface area contributed by atoms with Crippen molar-refractivity contribution in [3.8, 4) is 0 Å². The van der Waals surface area contributed by atoms with Gasteiger partial charge in [-0.2, -0.15) is 0 Å². The Labute approximate surface area is 104 Å². The largest absolute Gasteiger partial charge is 0.310 e. The average Bonchev–Trinajstić information content (AvgIpc) is 2.31. The zero-order valence-corrected chi connectivity index (χ0v) is 10.5. The Bertz CT molecular complexity index is 399. The van der Waals surface area contributed by atoms with E-state index in [4.69, 9.17) is 0 Å². The van der Waals surface area contributed by atoms with Gasteiger partial charge in [-0.1, -0.05) is 48.5 Å². The number of anilines is 1. The monoisotopic (exact) mass is 309 g/mol. The van der Waals surface area contributed by atoms with E-state index in [2.05, 4.69) is 74.5 Å². The van der Waals surface area contributed by atoms with E-state index < -0.39 is 0 Å². The molecule has 0 radical (unpaired) electrons. The van der Waals surface area contributed by atoms with E-state index in [1.807, 2.05) is 12.1 Å². The van der Waals surface area contributed by atoms with Gasteiger partial charge in [0, 0.05) is 5.69 Å². The van der Waals surface area contributed by atoms with Crippen LogP contribution >= 0.6 is 22.9 Å². The van der Waals surface area contributed by atoms with Gasteiger partial charge in [-0.3, -0.25) is 0 Å². The lowest BCUT2D eigenvalue weighted by Crippen LogP contribution is -2.08. The first kappa shape index (κ1) is 10.5. The lowest BCUT2D eigenvalue weighted by molar-refractivity contribution is 1.08. The summed E-state index contributed by atoms with van der Waals surface area (Å²) < 4.78 is 2.22. The maximum Gasteiger partial charge on any atom is 0.0594 e. The molecule has 0 unspecified atom stereocenters. The predicted molar refractivity (Wildman–Crippen MR) is 73.1 cm³/mol. The summed E-state index contributed by atoms with van der Waals surface area (Å²) in [7, 11) is 0. The summed E-state index contributed by atoms with van der Waals surface area (Å²) in [6.07, 6.45) is 0. The van der Waals surface area contributed by atoms with Crippen LogP contribution in [0.25, 0.3) is 0 Å². The van der Waals surface area contributed by atoms with Crippen LogP contribution in [0.4, 0.5) is 5.69 Å². The van der Waals surface area contributed by atoms with Gasteiger partial charge in [-0.25, -0.2) is 0 Å². The highest BCUT2D eigenvalue weighted by molar-refractivity contribution is 14.1. The van der Waals surface area contributed by atoms with E-state index in [0.717, 1.165) is 6.54 Å². The van der Waals surface area contributed by atoms with Crippen molar-refractivity contribution in [2.45, 2.75) is 6.54 Å². The van der Waals surface area contributed by atoms with Crippen molar-refractivity contribution in [2.75, 3.05) is 3.11 Å². The first-order chi connectivity index (χ1) is 7.36. The second kappa shape index (κ2) is 5.16. The van der Waals surface area contributed by atoms with E-state index in [0.29, 0.717) is 0 Å². The molecule has 0 spiro atoms. The fourth-order valence-electron chi connectivity index (χ4n) is 1.42. The van der Waals surface area contributed by atoms with Gasteiger partial charge in [0.2, 0.25) is 0 Å². The number of nitrogens with zero attached hydrogens (tertiary/aromatic N) is 1. The molecule has 2 aromatic rings. The van der Waals surface area contributed by atoms with E-state index in [1.165, 1.54) is 11.3 Å². The third kappa shape index (κ3) is 2.96. The molecule has 15 heavy (non-hydrogen) atoms. The first-order valence-corrected chi connectivity index (χ1v) is 5.85. The summed E-state index contributed by atoms with van der Waals surface area (Å²) >= 11 is 2.34.